The Balaban J connectivity index is 1.66. The molecule has 0 bridgehead atoms. The zero-order valence-electron chi connectivity index (χ0n) is 10.5. The first-order valence-corrected chi connectivity index (χ1v) is 6.14. The molecule has 2 N–H and O–H groups in total. The molecule has 0 spiro atoms. The number of rotatable bonds is 3. The molecule has 19 heavy (non-hydrogen) atoms. The third-order valence-corrected chi connectivity index (χ3v) is 3.13. The molecule has 3 rings (SSSR count). The Morgan fingerprint density at radius 3 is 3.16 bits per heavy atom. The van der Waals surface area contributed by atoms with Crippen molar-refractivity contribution in [2.45, 2.75) is 19.4 Å². The minimum atomic E-state index is -0.166. The van der Waals surface area contributed by atoms with E-state index >= 15 is 0 Å². The van der Waals surface area contributed by atoms with Gasteiger partial charge in [0.05, 0.1) is 12.5 Å². The number of aryl methyl sites for hydroxylation is 1. The highest BCUT2D eigenvalue weighted by Crippen LogP contribution is 2.30. The van der Waals surface area contributed by atoms with Gasteiger partial charge in [0.2, 0.25) is 11.8 Å². The van der Waals surface area contributed by atoms with E-state index in [9.17, 15) is 4.79 Å². The van der Waals surface area contributed by atoms with Crippen LogP contribution in [0.2, 0.25) is 0 Å². The smallest absolute Gasteiger partial charge is 0.246 e. The first-order chi connectivity index (χ1) is 9.24. The highest BCUT2D eigenvalue weighted by Gasteiger charge is 2.28. The van der Waals surface area contributed by atoms with Gasteiger partial charge in [0.1, 0.15) is 0 Å². The van der Waals surface area contributed by atoms with Crippen molar-refractivity contribution in [3.05, 3.63) is 41.5 Å². The van der Waals surface area contributed by atoms with E-state index in [1.165, 1.54) is 0 Å². The van der Waals surface area contributed by atoms with Crippen LogP contribution in [0.3, 0.4) is 0 Å². The number of aromatic nitrogens is 2. The zero-order chi connectivity index (χ0) is 13.2. The van der Waals surface area contributed by atoms with Gasteiger partial charge in [-0.15, -0.1) is 0 Å². The molecular weight excluding hydrogens is 244 g/mol. The molecular formula is C13H14N4O2. The molecule has 2 heterocycles. The number of fused-ring (bicyclic) bond motifs is 1. The topological polar surface area (TPSA) is 80.0 Å². The van der Waals surface area contributed by atoms with Crippen molar-refractivity contribution < 1.29 is 9.32 Å². The Hall–Kier alpha value is -2.37. The van der Waals surface area contributed by atoms with Gasteiger partial charge in [-0.25, -0.2) is 0 Å². The van der Waals surface area contributed by atoms with Crippen molar-refractivity contribution in [3.8, 4) is 0 Å². The summed E-state index contributed by atoms with van der Waals surface area (Å²) in [5.41, 5.74) is 2.05. The Bertz CT molecular complexity index is 608. The van der Waals surface area contributed by atoms with Gasteiger partial charge in [-0.2, -0.15) is 4.98 Å². The standard InChI is InChI=1S/C13H14N4O2/c1-8-16-12(19-17-8)7-15-13(18)10-6-14-11-5-3-2-4-9(10)11/h2-5,10,14H,6-7H2,1H3,(H,15,18). The lowest BCUT2D eigenvalue weighted by atomic mass is 10.0. The van der Waals surface area contributed by atoms with Crippen LogP contribution >= 0.6 is 0 Å². The van der Waals surface area contributed by atoms with Gasteiger partial charge >= 0.3 is 0 Å². The van der Waals surface area contributed by atoms with Gasteiger partial charge in [-0.05, 0) is 18.6 Å². The lowest BCUT2D eigenvalue weighted by Crippen LogP contribution is -2.30. The molecule has 6 heteroatoms. The number of nitrogens with one attached hydrogen (secondary N) is 2. The summed E-state index contributed by atoms with van der Waals surface area (Å²) in [6, 6.07) is 7.83. The summed E-state index contributed by atoms with van der Waals surface area (Å²) < 4.78 is 4.96. The van der Waals surface area contributed by atoms with Gasteiger partial charge in [-0.1, -0.05) is 23.4 Å². The normalized spacial score (nSPS) is 16.8. The maximum absolute atomic E-state index is 12.1. The molecule has 0 saturated heterocycles. The van der Waals surface area contributed by atoms with Crippen molar-refractivity contribution in [1.29, 1.82) is 0 Å². The van der Waals surface area contributed by atoms with E-state index in [4.69, 9.17) is 4.52 Å². The SMILES string of the molecule is Cc1noc(CNC(=O)C2CNc3ccccc32)n1. The van der Waals surface area contributed by atoms with Crippen molar-refractivity contribution >= 4 is 11.6 Å². The van der Waals surface area contributed by atoms with E-state index in [-0.39, 0.29) is 18.4 Å². The van der Waals surface area contributed by atoms with Crippen LogP contribution in [0.15, 0.2) is 28.8 Å². The van der Waals surface area contributed by atoms with Crippen LogP contribution in [0, 0.1) is 6.92 Å². The molecule has 0 fully saturated rings. The summed E-state index contributed by atoms with van der Waals surface area (Å²) >= 11 is 0. The first kappa shape index (κ1) is 11.7. The molecule has 1 aromatic carbocycles. The lowest BCUT2D eigenvalue weighted by Gasteiger charge is -2.09. The molecule has 1 aliphatic heterocycles. The van der Waals surface area contributed by atoms with Crippen LogP contribution in [0.1, 0.15) is 23.2 Å². The van der Waals surface area contributed by atoms with E-state index in [1.54, 1.807) is 6.92 Å². The maximum Gasteiger partial charge on any atom is 0.246 e. The van der Waals surface area contributed by atoms with Crippen molar-refractivity contribution in [3.63, 3.8) is 0 Å². The molecule has 1 aliphatic rings. The van der Waals surface area contributed by atoms with E-state index in [0.29, 0.717) is 18.3 Å². The monoisotopic (exact) mass is 258 g/mol. The van der Waals surface area contributed by atoms with Crippen LogP contribution in [0.5, 0.6) is 0 Å². The Labute approximate surface area is 110 Å². The number of para-hydroxylation sites is 1. The highest BCUT2D eigenvalue weighted by atomic mass is 16.5. The number of hydrogen-bond donors (Lipinski definition) is 2. The second-order valence-corrected chi connectivity index (χ2v) is 4.47. The Morgan fingerprint density at radius 1 is 1.53 bits per heavy atom. The number of carbonyl (C=O) groups excluding carboxylic acids is 1. The fourth-order valence-corrected chi connectivity index (χ4v) is 2.22. The van der Waals surface area contributed by atoms with Crippen molar-refractivity contribution in [2.75, 3.05) is 11.9 Å². The number of hydrogen-bond acceptors (Lipinski definition) is 5. The van der Waals surface area contributed by atoms with Gasteiger partial charge in [-0.3, -0.25) is 4.79 Å². The van der Waals surface area contributed by atoms with Crippen molar-refractivity contribution in [2.24, 2.45) is 0 Å². The number of nitrogens with zero attached hydrogens (tertiary/aromatic N) is 2. The number of carbonyl (C=O) groups is 1. The van der Waals surface area contributed by atoms with E-state index < -0.39 is 0 Å². The predicted molar refractivity (Wildman–Crippen MR) is 68.6 cm³/mol. The summed E-state index contributed by atoms with van der Waals surface area (Å²) in [6.07, 6.45) is 0. The van der Waals surface area contributed by atoms with E-state index in [2.05, 4.69) is 20.8 Å². The molecule has 1 amide bonds. The maximum atomic E-state index is 12.1. The molecule has 1 atom stereocenters. The van der Waals surface area contributed by atoms with Gasteiger partial charge in [0, 0.05) is 12.2 Å². The molecule has 98 valence electrons. The van der Waals surface area contributed by atoms with Gasteiger partial charge in [0.25, 0.3) is 0 Å². The third-order valence-electron chi connectivity index (χ3n) is 3.13. The fourth-order valence-electron chi connectivity index (χ4n) is 2.22. The average molecular weight is 258 g/mol. The van der Waals surface area contributed by atoms with Gasteiger partial charge in [0.15, 0.2) is 5.82 Å². The molecule has 6 nitrogen and oxygen atoms in total. The summed E-state index contributed by atoms with van der Waals surface area (Å²) in [6.45, 7) is 2.62. The fraction of sp³-hybridized carbons (Fsp3) is 0.308. The molecule has 0 saturated carbocycles. The summed E-state index contributed by atoms with van der Waals surface area (Å²) in [5.74, 6) is 0.788. The number of amides is 1. The largest absolute Gasteiger partial charge is 0.384 e. The highest BCUT2D eigenvalue weighted by molar-refractivity contribution is 5.88. The number of benzene rings is 1. The predicted octanol–water partition coefficient (Wildman–Crippen LogP) is 1.20. The van der Waals surface area contributed by atoms with Crippen LogP contribution in [-0.2, 0) is 11.3 Å². The van der Waals surface area contributed by atoms with Crippen LogP contribution in [-0.4, -0.2) is 22.6 Å². The molecule has 0 aliphatic carbocycles. The minimum Gasteiger partial charge on any atom is -0.384 e. The molecule has 0 radical (unpaired) electrons. The molecule has 1 unspecified atom stereocenters. The van der Waals surface area contributed by atoms with Crippen LogP contribution in [0.25, 0.3) is 0 Å². The summed E-state index contributed by atoms with van der Waals surface area (Å²) in [7, 11) is 0. The molecule has 2 aromatic rings. The third kappa shape index (κ3) is 2.29. The average Bonchev–Trinajstić information content (AvgIpc) is 3.02. The van der Waals surface area contributed by atoms with E-state index in [1.807, 2.05) is 24.3 Å². The van der Waals surface area contributed by atoms with Crippen LogP contribution in [0.4, 0.5) is 5.69 Å². The second-order valence-electron chi connectivity index (χ2n) is 4.47. The zero-order valence-corrected chi connectivity index (χ0v) is 10.5. The summed E-state index contributed by atoms with van der Waals surface area (Å²) in [5, 5.41) is 9.72. The Morgan fingerprint density at radius 2 is 2.37 bits per heavy atom. The summed E-state index contributed by atoms with van der Waals surface area (Å²) in [4.78, 5) is 16.2. The quantitative estimate of drug-likeness (QED) is 0.864. The lowest BCUT2D eigenvalue weighted by molar-refractivity contribution is -0.122. The van der Waals surface area contributed by atoms with Gasteiger partial charge < -0.3 is 15.2 Å². The van der Waals surface area contributed by atoms with Crippen molar-refractivity contribution in [1.82, 2.24) is 15.5 Å². The van der Waals surface area contributed by atoms with Crippen LogP contribution < -0.4 is 10.6 Å². The first-order valence-electron chi connectivity index (χ1n) is 6.14. The van der Waals surface area contributed by atoms with E-state index in [0.717, 1.165) is 11.3 Å². The Kier molecular flexibility index (Phi) is 2.91. The number of anilines is 1. The second kappa shape index (κ2) is 4.72. The molecule has 1 aromatic heterocycles. The minimum absolute atomic E-state index is 0.0340.